The molecule has 15 heavy (non-hydrogen) atoms. The number of aromatic amines is 1. The summed E-state index contributed by atoms with van der Waals surface area (Å²) in [6.45, 7) is 1.84. The molecule has 0 aromatic carbocycles. The number of hydrogen-bond acceptors (Lipinski definition) is 3. The number of furan rings is 1. The maximum Gasteiger partial charge on any atom is 0.170 e. The van der Waals surface area contributed by atoms with Crippen molar-refractivity contribution >= 4 is 6.29 Å². The van der Waals surface area contributed by atoms with Gasteiger partial charge in [-0.05, 0) is 25.5 Å². The summed E-state index contributed by atoms with van der Waals surface area (Å²) in [5.74, 6) is 1.69. The average Bonchev–Trinajstić information content (AvgIpc) is 2.83. The van der Waals surface area contributed by atoms with Crippen LogP contribution in [0.1, 0.15) is 27.8 Å². The third-order valence-corrected chi connectivity index (χ3v) is 2.24. The fourth-order valence-electron chi connectivity index (χ4n) is 1.55. The van der Waals surface area contributed by atoms with Gasteiger partial charge in [0.05, 0.1) is 6.26 Å². The maximum atomic E-state index is 10.7. The van der Waals surface area contributed by atoms with Gasteiger partial charge in [0.2, 0.25) is 0 Å². The molecule has 4 heteroatoms. The molecule has 0 aliphatic heterocycles. The average molecular weight is 204 g/mol. The number of aryl methyl sites for hydroxylation is 3. The predicted octanol–water partition coefficient (Wildman–Crippen LogP) is 1.91. The van der Waals surface area contributed by atoms with Crippen LogP contribution >= 0.6 is 0 Å². The molecule has 2 aromatic rings. The van der Waals surface area contributed by atoms with Gasteiger partial charge in [0.25, 0.3) is 0 Å². The molecule has 2 heterocycles. The van der Waals surface area contributed by atoms with Crippen molar-refractivity contribution < 1.29 is 9.21 Å². The first kappa shape index (κ1) is 9.71. The molecule has 0 bridgehead atoms. The molecule has 4 nitrogen and oxygen atoms in total. The Morgan fingerprint density at radius 3 is 3.07 bits per heavy atom. The predicted molar refractivity (Wildman–Crippen MR) is 54.8 cm³/mol. The summed E-state index contributed by atoms with van der Waals surface area (Å²) in [5, 5.41) is 0. The first-order valence-electron chi connectivity index (χ1n) is 4.82. The highest BCUT2D eigenvalue weighted by Gasteiger charge is 2.07. The molecule has 0 amide bonds. The van der Waals surface area contributed by atoms with Crippen LogP contribution in [0.3, 0.4) is 0 Å². The SMILES string of the molecule is Cc1nc(C=O)c(CCc2ccco2)[nH]1. The second-order valence-corrected chi connectivity index (χ2v) is 3.38. The summed E-state index contributed by atoms with van der Waals surface area (Å²) in [4.78, 5) is 17.8. The van der Waals surface area contributed by atoms with E-state index in [9.17, 15) is 4.79 Å². The van der Waals surface area contributed by atoms with Gasteiger partial charge in [-0.25, -0.2) is 4.98 Å². The lowest BCUT2D eigenvalue weighted by molar-refractivity contribution is 0.111. The van der Waals surface area contributed by atoms with Crippen molar-refractivity contribution in [1.29, 1.82) is 0 Å². The summed E-state index contributed by atoms with van der Waals surface area (Å²) in [6.07, 6.45) is 3.94. The van der Waals surface area contributed by atoms with Gasteiger partial charge in [-0.2, -0.15) is 0 Å². The Morgan fingerprint density at radius 1 is 1.53 bits per heavy atom. The molecule has 0 saturated carbocycles. The number of hydrogen-bond donors (Lipinski definition) is 1. The number of rotatable bonds is 4. The number of aldehydes is 1. The van der Waals surface area contributed by atoms with E-state index in [1.807, 2.05) is 19.1 Å². The first-order chi connectivity index (χ1) is 7.29. The third-order valence-electron chi connectivity index (χ3n) is 2.24. The molecule has 0 aliphatic rings. The Kier molecular flexibility index (Phi) is 2.67. The Bertz CT molecular complexity index is 443. The van der Waals surface area contributed by atoms with E-state index in [1.165, 1.54) is 0 Å². The Hall–Kier alpha value is -1.84. The van der Waals surface area contributed by atoms with Crippen molar-refractivity contribution in [2.45, 2.75) is 19.8 Å². The number of H-pyrrole nitrogens is 1. The lowest BCUT2D eigenvalue weighted by atomic mass is 10.2. The van der Waals surface area contributed by atoms with Gasteiger partial charge in [0.15, 0.2) is 6.29 Å². The van der Waals surface area contributed by atoms with E-state index in [4.69, 9.17) is 4.42 Å². The summed E-state index contributed by atoms with van der Waals surface area (Å²) in [7, 11) is 0. The molecular weight excluding hydrogens is 192 g/mol. The number of nitrogens with zero attached hydrogens (tertiary/aromatic N) is 1. The van der Waals surface area contributed by atoms with Crippen molar-refractivity contribution in [3.05, 3.63) is 41.4 Å². The van der Waals surface area contributed by atoms with Gasteiger partial charge in [-0.1, -0.05) is 0 Å². The zero-order valence-electron chi connectivity index (χ0n) is 8.49. The number of carbonyl (C=O) groups excluding carboxylic acids is 1. The Balaban J connectivity index is 2.07. The highest BCUT2D eigenvalue weighted by Crippen LogP contribution is 2.09. The quantitative estimate of drug-likeness (QED) is 0.774. The minimum Gasteiger partial charge on any atom is -0.469 e. The van der Waals surface area contributed by atoms with Gasteiger partial charge in [0, 0.05) is 12.1 Å². The summed E-state index contributed by atoms with van der Waals surface area (Å²) in [6, 6.07) is 3.78. The fourth-order valence-corrected chi connectivity index (χ4v) is 1.55. The number of nitrogens with one attached hydrogen (secondary N) is 1. The van der Waals surface area contributed by atoms with Crippen LogP contribution in [-0.4, -0.2) is 16.3 Å². The van der Waals surface area contributed by atoms with E-state index in [0.29, 0.717) is 5.69 Å². The van der Waals surface area contributed by atoms with Crippen molar-refractivity contribution in [2.24, 2.45) is 0 Å². The van der Waals surface area contributed by atoms with Gasteiger partial charge >= 0.3 is 0 Å². The highest BCUT2D eigenvalue weighted by atomic mass is 16.3. The zero-order chi connectivity index (χ0) is 10.7. The fraction of sp³-hybridized carbons (Fsp3) is 0.273. The van der Waals surface area contributed by atoms with Crippen LogP contribution in [0, 0.1) is 6.92 Å². The van der Waals surface area contributed by atoms with Crippen LogP contribution in [0.15, 0.2) is 22.8 Å². The van der Waals surface area contributed by atoms with Crippen molar-refractivity contribution in [3.8, 4) is 0 Å². The molecule has 0 unspecified atom stereocenters. The molecule has 0 atom stereocenters. The van der Waals surface area contributed by atoms with E-state index >= 15 is 0 Å². The molecule has 2 aromatic heterocycles. The molecule has 0 spiro atoms. The van der Waals surface area contributed by atoms with Crippen LogP contribution in [0.4, 0.5) is 0 Å². The van der Waals surface area contributed by atoms with Crippen LogP contribution in [0.2, 0.25) is 0 Å². The number of imidazole rings is 1. The van der Waals surface area contributed by atoms with Gasteiger partial charge in [-0.15, -0.1) is 0 Å². The van der Waals surface area contributed by atoms with E-state index < -0.39 is 0 Å². The molecule has 1 N–H and O–H groups in total. The molecule has 0 aliphatic carbocycles. The van der Waals surface area contributed by atoms with Gasteiger partial charge < -0.3 is 9.40 Å². The largest absolute Gasteiger partial charge is 0.469 e. The van der Waals surface area contributed by atoms with Crippen LogP contribution < -0.4 is 0 Å². The molecule has 0 radical (unpaired) electrons. The molecule has 0 saturated heterocycles. The summed E-state index contributed by atoms with van der Waals surface area (Å²) in [5.41, 5.74) is 1.37. The van der Waals surface area contributed by atoms with Crippen LogP contribution in [0.25, 0.3) is 0 Å². The minimum absolute atomic E-state index is 0.499. The monoisotopic (exact) mass is 204 g/mol. The van der Waals surface area contributed by atoms with Crippen molar-refractivity contribution in [2.75, 3.05) is 0 Å². The minimum atomic E-state index is 0.499. The second kappa shape index (κ2) is 4.13. The zero-order valence-corrected chi connectivity index (χ0v) is 8.49. The first-order valence-corrected chi connectivity index (χ1v) is 4.82. The normalized spacial score (nSPS) is 10.5. The van der Waals surface area contributed by atoms with E-state index in [-0.39, 0.29) is 0 Å². The molecule has 2 rings (SSSR count). The topological polar surface area (TPSA) is 58.9 Å². The summed E-state index contributed by atoms with van der Waals surface area (Å²) >= 11 is 0. The van der Waals surface area contributed by atoms with E-state index in [0.717, 1.165) is 36.4 Å². The summed E-state index contributed by atoms with van der Waals surface area (Å²) < 4.78 is 5.21. The Morgan fingerprint density at radius 2 is 2.40 bits per heavy atom. The van der Waals surface area contributed by atoms with Crippen molar-refractivity contribution in [1.82, 2.24) is 9.97 Å². The van der Waals surface area contributed by atoms with Crippen molar-refractivity contribution in [3.63, 3.8) is 0 Å². The van der Waals surface area contributed by atoms with Crippen LogP contribution in [0.5, 0.6) is 0 Å². The lowest BCUT2D eigenvalue weighted by Crippen LogP contribution is -1.94. The highest BCUT2D eigenvalue weighted by molar-refractivity contribution is 5.73. The molecule has 0 fully saturated rings. The van der Waals surface area contributed by atoms with E-state index in [2.05, 4.69) is 9.97 Å². The van der Waals surface area contributed by atoms with E-state index in [1.54, 1.807) is 6.26 Å². The third kappa shape index (κ3) is 2.15. The van der Waals surface area contributed by atoms with Crippen LogP contribution in [-0.2, 0) is 12.8 Å². The number of carbonyl (C=O) groups is 1. The number of aromatic nitrogens is 2. The standard InChI is InChI=1S/C11H12N2O2/c1-8-12-10(11(7-14)13-8)5-4-9-3-2-6-15-9/h2-3,6-7H,4-5H2,1H3,(H,12,13). The van der Waals surface area contributed by atoms with Gasteiger partial charge in [0.1, 0.15) is 17.3 Å². The molecular formula is C11H12N2O2. The second-order valence-electron chi connectivity index (χ2n) is 3.38. The maximum absolute atomic E-state index is 10.7. The smallest absolute Gasteiger partial charge is 0.170 e. The molecule has 78 valence electrons. The lowest BCUT2D eigenvalue weighted by Gasteiger charge is -1.95. The Labute approximate surface area is 87.3 Å². The van der Waals surface area contributed by atoms with Gasteiger partial charge in [-0.3, -0.25) is 4.79 Å².